The summed E-state index contributed by atoms with van der Waals surface area (Å²) in [5, 5.41) is 0. The first-order valence-corrected chi connectivity index (χ1v) is 5.57. The molecule has 1 amide bonds. The Morgan fingerprint density at radius 3 is 2.79 bits per heavy atom. The van der Waals surface area contributed by atoms with Crippen molar-refractivity contribution < 1.29 is 4.79 Å². The molecule has 80 valence electrons. The van der Waals surface area contributed by atoms with Crippen LogP contribution in [-0.4, -0.2) is 29.9 Å². The van der Waals surface area contributed by atoms with Crippen molar-refractivity contribution in [3.05, 3.63) is 0 Å². The zero-order valence-electron chi connectivity index (χ0n) is 8.54. The van der Waals surface area contributed by atoms with Gasteiger partial charge in [-0.1, -0.05) is 6.42 Å². The first-order valence-electron chi connectivity index (χ1n) is 5.57. The second-order valence-electron chi connectivity index (χ2n) is 4.36. The summed E-state index contributed by atoms with van der Waals surface area (Å²) in [6.07, 6.45) is 5.85. The molecule has 2 saturated heterocycles. The predicted molar refractivity (Wildman–Crippen MR) is 54.3 cm³/mol. The van der Waals surface area contributed by atoms with Crippen molar-refractivity contribution in [3.8, 4) is 0 Å². The van der Waals surface area contributed by atoms with Crippen LogP contribution in [0.25, 0.3) is 0 Å². The van der Waals surface area contributed by atoms with Crippen LogP contribution in [0.15, 0.2) is 0 Å². The quantitative estimate of drug-likeness (QED) is 0.360. The van der Waals surface area contributed by atoms with Crippen molar-refractivity contribution in [1.82, 2.24) is 10.3 Å². The minimum absolute atomic E-state index is 0.0293. The SMILES string of the molecule is NNC(=O)C1CCCN2CCCCC12. The molecule has 0 aliphatic carbocycles. The van der Waals surface area contributed by atoms with Crippen molar-refractivity contribution in [2.24, 2.45) is 11.8 Å². The van der Waals surface area contributed by atoms with E-state index in [1.54, 1.807) is 0 Å². The van der Waals surface area contributed by atoms with Gasteiger partial charge >= 0.3 is 0 Å². The summed E-state index contributed by atoms with van der Waals surface area (Å²) in [6, 6.07) is 0.459. The summed E-state index contributed by atoms with van der Waals surface area (Å²) < 4.78 is 0. The van der Waals surface area contributed by atoms with Crippen molar-refractivity contribution in [1.29, 1.82) is 0 Å². The number of nitrogens with zero attached hydrogens (tertiary/aromatic N) is 1. The van der Waals surface area contributed by atoms with Crippen LogP contribution in [0, 0.1) is 5.92 Å². The minimum Gasteiger partial charge on any atom is -0.300 e. The Kier molecular flexibility index (Phi) is 3.03. The van der Waals surface area contributed by atoms with Crippen molar-refractivity contribution in [2.45, 2.75) is 38.1 Å². The Hall–Kier alpha value is -0.610. The lowest BCUT2D eigenvalue weighted by Crippen LogP contribution is -2.53. The maximum atomic E-state index is 11.6. The number of hydrogen-bond acceptors (Lipinski definition) is 3. The molecule has 0 aromatic rings. The lowest BCUT2D eigenvalue weighted by molar-refractivity contribution is -0.129. The highest BCUT2D eigenvalue weighted by Crippen LogP contribution is 2.30. The fourth-order valence-corrected chi connectivity index (χ4v) is 2.87. The van der Waals surface area contributed by atoms with Crippen LogP contribution in [0.1, 0.15) is 32.1 Å². The van der Waals surface area contributed by atoms with Crippen LogP contribution in [0.3, 0.4) is 0 Å². The molecule has 14 heavy (non-hydrogen) atoms. The number of nitrogens with one attached hydrogen (secondary N) is 1. The second kappa shape index (κ2) is 4.28. The lowest BCUT2D eigenvalue weighted by Gasteiger charge is -2.43. The number of hydrazine groups is 1. The molecule has 4 nitrogen and oxygen atoms in total. The fraction of sp³-hybridized carbons (Fsp3) is 0.900. The monoisotopic (exact) mass is 197 g/mol. The summed E-state index contributed by atoms with van der Waals surface area (Å²) in [6.45, 7) is 2.33. The Morgan fingerprint density at radius 1 is 1.21 bits per heavy atom. The van der Waals surface area contributed by atoms with E-state index in [1.807, 2.05) is 0 Å². The van der Waals surface area contributed by atoms with E-state index in [2.05, 4.69) is 10.3 Å². The van der Waals surface area contributed by atoms with E-state index >= 15 is 0 Å². The van der Waals surface area contributed by atoms with Crippen LogP contribution in [0.5, 0.6) is 0 Å². The number of carbonyl (C=O) groups excluding carboxylic acids is 1. The predicted octanol–water partition coefficient (Wildman–Crippen LogP) is 0.241. The molecule has 0 aromatic carbocycles. The summed E-state index contributed by atoms with van der Waals surface area (Å²) >= 11 is 0. The van der Waals surface area contributed by atoms with Gasteiger partial charge in [-0.15, -0.1) is 0 Å². The summed E-state index contributed by atoms with van der Waals surface area (Å²) in [5.74, 6) is 5.37. The number of hydrogen-bond donors (Lipinski definition) is 2. The standard InChI is InChI=1S/C10H19N3O/c11-12-10(14)8-4-3-7-13-6-2-1-5-9(8)13/h8-9H,1-7,11H2,(H,12,14). The van der Waals surface area contributed by atoms with Crippen LogP contribution in [0.2, 0.25) is 0 Å². The molecule has 0 spiro atoms. The Labute approximate surface area is 84.8 Å². The van der Waals surface area contributed by atoms with E-state index in [9.17, 15) is 4.79 Å². The second-order valence-corrected chi connectivity index (χ2v) is 4.36. The van der Waals surface area contributed by atoms with Gasteiger partial charge in [0.15, 0.2) is 0 Å². The smallest absolute Gasteiger partial charge is 0.238 e. The molecule has 2 atom stereocenters. The fourth-order valence-electron chi connectivity index (χ4n) is 2.87. The van der Waals surface area contributed by atoms with E-state index in [-0.39, 0.29) is 11.8 Å². The first-order chi connectivity index (χ1) is 6.83. The molecule has 2 heterocycles. The number of rotatable bonds is 1. The molecule has 2 fully saturated rings. The van der Waals surface area contributed by atoms with Gasteiger partial charge in [0.25, 0.3) is 0 Å². The van der Waals surface area contributed by atoms with Crippen LogP contribution in [-0.2, 0) is 4.79 Å². The molecule has 0 saturated carbocycles. The molecule has 2 aliphatic rings. The Bertz CT molecular complexity index is 217. The van der Waals surface area contributed by atoms with Crippen molar-refractivity contribution in [2.75, 3.05) is 13.1 Å². The van der Waals surface area contributed by atoms with Gasteiger partial charge in [0, 0.05) is 6.04 Å². The average molecular weight is 197 g/mol. The first kappa shape index (κ1) is 9.93. The average Bonchev–Trinajstić information content (AvgIpc) is 2.27. The molecular weight excluding hydrogens is 178 g/mol. The minimum atomic E-state index is 0.0293. The van der Waals surface area contributed by atoms with Crippen LogP contribution >= 0.6 is 0 Å². The maximum Gasteiger partial charge on any atom is 0.238 e. The summed E-state index contributed by atoms with van der Waals surface area (Å²) in [7, 11) is 0. The van der Waals surface area contributed by atoms with Crippen molar-refractivity contribution in [3.63, 3.8) is 0 Å². The normalized spacial score (nSPS) is 33.5. The lowest BCUT2D eigenvalue weighted by atomic mass is 9.83. The van der Waals surface area contributed by atoms with Crippen LogP contribution in [0.4, 0.5) is 0 Å². The van der Waals surface area contributed by atoms with Crippen LogP contribution < -0.4 is 11.3 Å². The zero-order valence-corrected chi connectivity index (χ0v) is 8.54. The number of carbonyl (C=O) groups is 1. The van der Waals surface area contributed by atoms with E-state index in [4.69, 9.17) is 5.84 Å². The number of fused-ring (bicyclic) bond motifs is 1. The van der Waals surface area contributed by atoms with Gasteiger partial charge in [-0.2, -0.15) is 0 Å². The highest BCUT2D eigenvalue weighted by atomic mass is 16.2. The zero-order chi connectivity index (χ0) is 9.97. The molecule has 3 N–H and O–H groups in total. The maximum absolute atomic E-state index is 11.6. The number of amides is 1. The molecule has 0 aromatic heterocycles. The van der Waals surface area contributed by atoms with Gasteiger partial charge in [-0.05, 0) is 38.8 Å². The van der Waals surface area contributed by atoms with E-state index in [1.165, 1.54) is 25.9 Å². The Morgan fingerprint density at radius 2 is 2.00 bits per heavy atom. The molecule has 0 radical (unpaired) electrons. The van der Waals surface area contributed by atoms with E-state index in [0.717, 1.165) is 19.3 Å². The molecule has 2 rings (SSSR count). The van der Waals surface area contributed by atoms with Gasteiger partial charge in [0.05, 0.1) is 5.92 Å². The van der Waals surface area contributed by atoms with Crippen molar-refractivity contribution >= 4 is 5.91 Å². The third-order valence-electron chi connectivity index (χ3n) is 3.57. The van der Waals surface area contributed by atoms with Gasteiger partial charge in [-0.3, -0.25) is 15.1 Å². The third-order valence-corrected chi connectivity index (χ3v) is 3.57. The van der Waals surface area contributed by atoms with Gasteiger partial charge in [0.2, 0.25) is 5.91 Å². The topological polar surface area (TPSA) is 58.4 Å². The molecule has 4 heteroatoms. The van der Waals surface area contributed by atoms with E-state index < -0.39 is 0 Å². The van der Waals surface area contributed by atoms with Gasteiger partial charge in [0.1, 0.15) is 0 Å². The van der Waals surface area contributed by atoms with Gasteiger partial charge < -0.3 is 0 Å². The largest absolute Gasteiger partial charge is 0.300 e. The molecular formula is C10H19N3O. The summed E-state index contributed by atoms with van der Waals surface area (Å²) in [4.78, 5) is 14.0. The van der Waals surface area contributed by atoms with E-state index in [0.29, 0.717) is 6.04 Å². The highest BCUT2D eigenvalue weighted by Gasteiger charge is 2.36. The van der Waals surface area contributed by atoms with Gasteiger partial charge in [-0.25, -0.2) is 5.84 Å². The Balaban J connectivity index is 2.04. The molecule has 2 unspecified atom stereocenters. The molecule has 2 aliphatic heterocycles. The number of piperidine rings is 2. The molecule has 0 bridgehead atoms. The summed E-state index contributed by atoms with van der Waals surface area (Å²) in [5.41, 5.74) is 2.30. The third kappa shape index (κ3) is 1.77. The number of nitrogens with two attached hydrogens (primary N) is 1. The highest BCUT2D eigenvalue weighted by molar-refractivity contribution is 5.78.